The zero-order valence-electron chi connectivity index (χ0n) is 10.0. The van der Waals surface area contributed by atoms with E-state index in [1.54, 1.807) is 0 Å². The summed E-state index contributed by atoms with van der Waals surface area (Å²) in [6.07, 6.45) is 3.09. The van der Waals surface area contributed by atoms with Crippen LogP contribution in [0.2, 0.25) is 0 Å². The highest BCUT2D eigenvalue weighted by Gasteiger charge is 2.27. The molecule has 3 atom stereocenters. The minimum Gasteiger partial charge on any atom is -0.380 e. The first kappa shape index (κ1) is 11.4. The van der Waals surface area contributed by atoms with Crippen LogP contribution in [0.5, 0.6) is 0 Å². The van der Waals surface area contributed by atoms with Crippen molar-refractivity contribution in [3.8, 4) is 0 Å². The van der Waals surface area contributed by atoms with E-state index < -0.39 is 0 Å². The molecule has 2 saturated heterocycles. The molecule has 0 aromatic heterocycles. The zero-order chi connectivity index (χ0) is 10.7. The number of nitrogens with zero attached hydrogens (tertiary/aromatic N) is 1. The lowest BCUT2D eigenvalue weighted by Crippen LogP contribution is -2.45. The number of nitrogens with one attached hydrogen (secondary N) is 1. The van der Waals surface area contributed by atoms with Crippen molar-refractivity contribution in [2.24, 2.45) is 11.8 Å². The van der Waals surface area contributed by atoms with Crippen LogP contribution in [0.25, 0.3) is 0 Å². The second kappa shape index (κ2) is 5.28. The average molecular weight is 212 g/mol. The Labute approximate surface area is 93.2 Å². The second-order valence-electron chi connectivity index (χ2n) is 5.16. The maximum absolute atomic E-state index is 5.54. The molecule has 15 heavy (non-hydrogen) atoms. The molecule has 2 heterocycles. The molecule has 2 fully saturated rings. The van der Waals surface area contributed by atoms with E-state index in [1.807, 2.05) is 7.11 Å². The van der Waals surface area contributed by atoms with Crippen LogP contribution in [-0.2, 0) is 4.74 Å². The first-order valence-electron chi connectivity index (χ1n) is 6.25. The molecule has 3 heteroatoms. The van der Waals surface area contributed by atoms with Crippen molar-refractivity contribution in [3.63, 3.8) is 0 Å². The molecule has 0 spiro atoms. The quantitative estimate of drug-likeness (QED) is 0.754. The Balaban J connectivity index is 1.78. The smallest absolute Gasteiger partial charge is 0.0724 e. The number of hydrogen-bond donors (Lipinski definition) is 1. The summed E-state index contributed by atoms with van der Waals surface area (Å²) < 4.78 is 5.54. The molecule has 2 rings (SSSR count). The lowest BCUT2D eigenvalue weighted by atomic mass is 9.95. The van der Waals surface area contributed by atoms with Gasteiger partial charge in [0.2, 0.25) is 0 Å². The van der Waals surface area contributed by atoms with Gasteiger partial charge in [-0.25, -0.2) is 0 Å². The van der Waals surface area contributed by atoms with Crippen molar-refractivity contribution >= 4 is 0 Å². The first-order chi connectivity index (χ1) is 7.29. The number of piperidine rings is 1. The monoisotopic (exact) mass is 212 g/mol. The molecular weight excluding hydrogens is 188 g/mol. The van der Waals surface area contributed by atoms with E-state index in [0.717, 1.165) is 18.4 Å². The van der Waals surface area contributed by atoms with Gasteiger partial charge in [0, 0.05) is 20.2 Å². The van der Waals surface area contributed by atoms with Crippen molar-refractivity contribution in [2.75, 3.05) is 39.8 Å². The SMILES string of the molecule is COC1CN(CC2CCNC2)CCC1C. The third-order valence-corrected chi connectivity index (χ3v) is 3.96. The lowest BCUT2D eigenvalue weighted by molar-refractivity contribution is -0.00851. The number of rotatable bonds is 3. The Morgan fingerprint density at radius 1 is 1.40 bits per heavy atom. The van der Waals surface area contributed by atoms with Crippen LogP contribution in [-0.4, -0.2) is 50.8 Å². The topological polar surface area (TPSA) is 24.5 Å². The molecule has 2 aliphatic rings. The van der Waals surface area contributed by atoms with E-state index in [-0.39, 0.29) is 0 Å². The van der Waals surface area contributed by atoms with Gasteiger partial charge >= 0.3 is 0 Å². The fourth-order valence-electron chi connectivity index (χ4n) is 2.81. The van der Waals surface area contributed by atoms with Gasteiger partial charge in [-0.3, -0.25) is 0 Å². The second-order valence-corrected chi connectivity index (χ2v) is 5.16. The molecule has 0 bridgehead atoms. The van der Waals surface area contributed by atoms with E-state index >= 15 is 0 Å². The van der Waals surface area contributed by atoms with Crippen LogP contribution in [0.4, 0.5) is 0 Å². The molecule has 0 radical (unpaired) electrons. The molecule has 3 unspecified atom stereocenters. The Bertz CT molecular complexity index is 190. The maximum Gasteiger partial charge on any atom is 0.0724 e. The number of methoxy groups -OCH3 is 1. The summed E-state index contributed by atoms with van der Waals surface area (Å²) in [6, 6.07) is 0. The van der Waals surface area contributed by atoms with Gasteiger partial charge in [0.15, 0.2) is 0 Å². The Morgan fingerprint density at radius 2 is 2.27 bits per heavy atom. The highest BCUT2D eigenvalue weighted by molar-refractivity contribution is 4.82. The molecule has 3 nitrogen and oxygen atoms in total. The van der Waals surface area contributed by atoms with Crippen molar-refractivity contribution < 1.29 is 4.74 Å². The normalized spacial score (nSPS) is 38.4. The summed E-state index contributed by atoms with van der Waals surface area (Å²) in [5.41, 5.74) is 0. The van der Waals surface area contributed by atoms with Crippen molar-refractivity contribution in [3.05, 3.63) is 0 Å². The van der Waals surface area contributed by atoms with Crippen LogP contribution in [0.3, 0.4) is 0 Å². The van der Waals surface area contributed by atoms with Crippen LogP contribution in [0, 0.1) is 11.8 Å². The minimum atomic E-state index is 0.452. The zero-order valence-corrected chi connectivity index (χ0v) is 10.0. The molecule has 0 saturated carbocycles. The Hall–Kier alpha value is -0.120. The van der Waals surface area contributed by atoms with E-state index in [0.29, 0.717) is 6.10 Å². The third kappa shape index (κ3) is 2.92. The molecule has 2 aliphatic heterocycles. The number of hydrogen-bond acceptors (Lipinski definition) is 3. The van der Waals surface area contributed by atoms with Crippen LogP contribution < -0.4 is 5.32 Å². The molecule has 88 valence electrons. The van der Waals surface area contributed by atoms with Gasteiger partial charge in [-0.2, -0.15) is 0 Å². The van der Waals surface area contributed by atoms with Crippen molar-refractivity contribution in [1.29, 1.82) is 0 Å². The predicted octanol–water partition coefficient (Wildman–Crippen LogP) is 0.953. The van der Waals surface area contributed by atoms with Crippen LogP contribution in [0.15, 0.2) is 0 Å². The van der Waals surface area contributed by atoms with Gasteiger partial charge in [-0.1, -0.05) is 6.92 Å². The summed E-state index contributed by atoms with van der Waals surface area (Å²) in [7, 11) is 1.85. The molecule has 0 aromatic carbocycles. The van der Waals surface area contributed by atoms with E-state index in [9.17, 15) is 0 Å². The van der Waals surface area contributed by atoms with Gasteiger partial charge in [-0.05, 0) is 44.3 Å². The fourth-order valence-corrected chi connectivity index (χ4v) is 2.81. The minimum absolute atomic E-state index is 0.452. The molecule has 1 N–H and O–H groups in total. The van der Waals surface area contributed by atoms with Crippen molar-refractivity contribution in [1.82, 2.24) is 10.2 Å². The van der Waals surface area contributed by atoms with Gasteiger partial charge in [0.05, 0.1) is 6.10 Å². The lowest BCUT2D eigenvalue weighted by Gasteiger charge is -2.37. The largest absolute Gasteiger partial charge is 0.380 e. The van der Waals surface area contributed by atoms with E-state index in [4.69, 9.17) is 4.74 Å². The molecule has 0 aliphatic carbocycles. The Morgan fingerprint density at radius 3 is 2.93 bits per heavy atom. The molecular formula is C12H24N2O. The average Bonchev–Trinajstić information content (AvgIpc) is 2.73. The van der Waals surface area contributed by atoms with E-state index in [2.05, 4.69) is 17.1 Å². The maximum atomic E-state index is 5.54. The molecule has 0 aromatic rings. The van der Waals surface area contributed by atoms with Gasteiger partial charge in [-0.15, -0.1) is 0 Å². The number of likely N-dealkylation sites (tertiary alicyclic amines) is 1. The van der Waals surface area contributed by atoms with Crippen LogP contribution >= 0.6 is 0 Å². The highest BCUT2D eigenvalue weighted by Crippen LogP contribution is 2.21. The summed E-state index contributed by atoms with van der Waals surface area (Å²) in [4.78, 5) is 2.59. The first-order valence-corrected chi connectivity index (χ1v) is 6.25. The van der Waals surface area contributed by atoms with Gasteiger partial charge < -0.3 is 15.0 Å². The van der Waals surface area contributed by atoms with Gasteiger partial charge in [0.1, 0.15) is 0 Å². The van der Waals surface area contributed by atoms with Crippen LogP contribution in [0.1, 0.15) is 19.8 Å². The Kier molecular flexibility index (Phi) is 4.00. The summed E-state index contributed by atoms with van der Waals surface area (Å²) >= 11 is 0. The summed E-state index contributed by atoms with van der Waals surface area (Å²) in [5.74, 6) is 1.60. The predicted molar refractivity (Wildman–Crippen MR) is 62.0 cm³/mol. The molecule has 0 amide bonds. The van der Waals surface area contributed by atoms with Crippen molar-refractivity contribution in [2.45, 2.75) is 25.9 Å². The fraction of sp³-hybridized carbons (Fsp3) is 1.00. The van der Waals surface area contributed by atoms with Gasteiger partial charge in [0.25, 0.3) is 0 Å². The summed E-state index contributed by atoms with van der Waals surface area (Å²) in [5, 5.41) is 3.44. The summed E-state index contributed by atoms with van der Waals surface area (Å²) in [6.45, 7) is 8.39. The van der Waals surface area contributed by atoms with E-state index in [1.165, 1.54) is 39.0 Å². The highest BCUT2D eigenvalue weighted by atomic mass is 16.5. The number of ether oxygens (including phenoxy) is 1. The standard InChI is InChI=1S/C12H24N2O/c1-10-4-6-14(9-12(10)15-2)8-11-3-5-13-7-11/h10-13H,3-9H2,1-2H3. The third-order valence-electron chi connectivity index (χ3n) is 3.96.